The van der Waals surface area contributed by atoms with Crippen LogP contribution in [0.3, 0.4) is 0 Å². The Kier molecular flexibility index (Phi) is 6.71. The number of hydrogen-bond donors (Lipinski definition) is 0. The third-order valence-electron chi connectivity index (χ3n) is 5.41. The SMILES string of the molecule is CCOc1ccc2c(c1)sc(=NC(=O)c1ccc(S(=O)(=O)N3C[C@@H](C)O[C@H](C)C3)cc1)n2C. The van der Waals surface area contributed by atoms with Crippen LogP contribution in [0.15, 0.2) is 52.4 Å². The van der Waals surface area contributed by atoms with E-state index in [0.29, 0.717) is 30.1 Å². The maximum atomic E-state index is 13.0. The summed E-state index contributed by atoms with van der Waals surface area (Å²) < 4.78 is 41.5. The maximum absolute atomic E-state index is 13.0. The van der Waals surface area contributed by atoms with Crippen LogP contribution in [-0.2, 0) is 21.8 Å². The predicted octanol–water partition coefficient (Wildman–Crippen LogP) is 3.18. The minimum Gasteiger partial charge on any atom is -0.494 e. The number of nitrogens with zero attached hydrogens (tertiary/aromatic N) is 3. The van der Waals surface area contributed by atoms with E-state index >= 15 is 0 Å². The molecule has 1 amide bonds. The van der Waals surface area contributed by atoms with Crippen molar-refractivity contribution in [2.45, 2.75) is 37.9 Å². The van der Waals surface area contributed by atoms with Crippen molar-refractivity contribution < 1.29 is 22.7 Å². The van der Waals surface area contributed by atoms with E-state index in [9.17, 15) is 13.2 Å². The third kappa shape index (κ3) is 4.89. The number of hydrogen-bond acceptors (Lipinski definition) is 6. The molecule has 1 aromatic heterocycles. The van der Waals surface area contributed by atoms with E-state index < -0.39 is 15.9 Å². The van der Waals surface area contributed by atoms with Gasteiger partial charge in [-0.05, 0) is 63.2 Å². The van der Waals surface area contributed by atoms with E-state index in [2.05, 4.69) is 4.99 Å². The molecular weight excluding hydrogens is 462 g/mol. The molecule has 0 N–H and O–H groups in total. The van der Waals surface area contributed by atoms with Crippen LogP contribution < -0.4 is 9.54 Å². The van der Waals surface area contributed by atoms with Crippen molar-refractivity contribution in [2.75, 3.05) is 19.7 Å². The number of aromatic nitrogens is 1. The van der Waals surface area contributed by atoms with Gasteiger partial charge in [-0.3, -0.25) is 4.79 Å². The average Bonchev–Trinajstić information content (AvgIpc) is 3.08. The lowest BCUT2D eigenvalue weighted by molar-refractivity contribution is -0.0440. The molecule has 0 bridgehead atoms. The number of amides is 1. The molecule has 3 aromatic rings. The summed E-state index contributed by atoms with van der Waals surface area (Å²) in [5.41, 5.74) is 1.27. The van der Waals surface area contributed by atoms with Gasteiger partial charge in [0.25, 0.3) is 5.91 Å². The lowest BCUT2D eigenvalue weighted by Gasteiger charge is -2.34. The summed E-state index contributed by atoms with van der Waals surface area (Å²) in [4.78, 5) is 17.8. The van der Waals surface area contributed by atoms with Gasteiger partial charge in [0.15, 0.2) is 4.80 Å². The highest BCUT2D eigenvalue weighted by molar-refractivity contribution is 7.89. The number of rotatable bonds is 5. The Labute approximate surface area is 197 Å². The first-order chi connectivity index (χ1) is 15.7. The molecule has 0 aliphatic carbocycles. The Hall–Kier alpha value is -2.53. The fourth-order valence-corrected chi connectivity index (χ4v) is 6.51. The molecule has 0 spiro atoms. The quantitative estimate of drug-likeness (QED) is 0.549. The second-order valence-corrected chi connectivity index (χ2v) is 11.0. The van der Waals surface area contributed by atoms with Gasteiger partial charge in [0.05, 0.1) is 33.9 Å². The normalized spacial score (nSPS) is 20.3. The fraction of sp³-hybridized carbons (Fsp3) is 0.391. The van der Waals surface area contributed by atoms with E-state index in [1.54, 1.807) is 0 Å². The van der Waals surface area contributed by atoms with Crippen LogP contribution in [0, 0.1) is 0 Å². The van der Waals surface area contributed by atoms with Crippen LogP contribution >= 0.6 is 11.3 Å². The topological polar surface area (TPSA) is 90.2 Å². The van der Waals surface area contributed by atoms with Crippen LogP contribution in [0.2, 0.25) is 0 Å². The van der Waals surface area contributed by atoms with E-state index in [0.717, 1.165) is 16.0 Å². The molecule has 4 rings (SSSR count). The molecule has 33 heavy (non-hydrogen) atoms. The number of benzene rings is 2. The number of fused-ring (bicyclic) bond motifs is 1. The Bertz CT molecular complexity index is 1330. The molecule has 8 nitrogen and oxygen atoms in total. The third-order valence-corrected chi connectivity index (χ3v) is 8.35. The first-order valence-corrected chi connectivity index (χ1v) is 13.0. The summed E-state index contributed by atoms with van der Waals surface area (Å²) in [6.07, 6.45) is -0.343. The van der Waals surface area contributed by atoms with Gasteiger partial charge in [0.2, 0.25) is 10.0 Å². The molecule has 2 heterocycles. The van der Waals surface area contributed by atoms with Crippen LogP contribution in [0.5, 0.6) is 5.75 Å². The maximum Gasteiger partial charge on any atom is 0.279 e. The number of ether oxygens (including phenoxy) is 2. The first kappa shape index (κ1) is 23.6. The molecule has 0 radical (unpaired) electrons. The Morgan fingerprint density at radius 3 is 2.45 bits per heavy atom. The monoisotopic (exact) mass is 489 g/mol. The minimum atomic E-state index is -3.66. The molecule has 1 fully saturated rings. The van der Waals surface area contributed by atoms with Crippen molar-refractivity contribution in [1.29, 1.82) is 0 Å². The van der Waals surface area contributed by atoms with Gasteiger partial charge < -0.3 is 14.0 Å². The fourth-order valence-electron chi connectivity index (χ4n) is 3.87. The minimum absolute atomic E-state index is 0.149. The molecule has 1 aliphatic rings. The van der Waals surface area contributed by atoms with Gasteiger partial charge >= 0.3 is 0 Å². The van der Waals surface area contributed by atoms with Crippen molar-refractivity contribution in [1.82, 2.24) is 8.87 Å². The summed E-state index contributed by atoms with van der Waals surface area (Å²) in [6.45, 7) is 6.82. The number of carbonyl (C=O) groups excluding carboxylic acids is 1. The standard InChI is InChI=1S/C23H27N3O5S2/c1-5-30-18-8-11-20-21(12-18)32-23(25(20)4)24-22(27)17-6-9-19(10-7-17)33(28,29)26-13-15(2)31-16(3)14-26/h6-12,15-16H,5,13-14H2,1-4H3/t15-,16-/m1/s1. The molecule has 2 aromatic carbocycles. The first-order valence-electron chi connectivity index (χ1n) is 10.8. The molecule has 1 aliphatic heterocycles. The summed E-state index contributed by atoms with van der Waals surface area (Å²) in [5.74, 6) is 0.338. The Morgan fingerprint density at radius 1 is 1.15 bits per heavy atom. The molecule has 0 saturated carbocycles. The predicted molar refractivity (Wildman–Crippen MR) is 127 cm³/mol. The number of morpholine rings is 1. The summed E-state index contributed by atoms with van der Waals surface area (Å²) in [5, 5.41) is 0. The highest BCUT2D eigenvalue weighted by atomic mass is 32.2. The highest BCUT2D eigenvalue weighted by Crippen LogP contribution is 2.24. The molecule has 10 heteroatoms. The number of sulfonamides is 1. The van der Waals surface area contributed by atoms with Gasteiger partial charge in [-0.2, -0.15) is 9.30 Å². The van der Waals surface area contributed by atoms with Crippen LogP contribution in [0.25, 0.3) is 10.2 Å². The van der Waals surface area contributed by atoms with E-state index in [1.165, 1.54) is 39.9 Å². The zero-order valence-corrected chi connectivity index (χ0v) is 20.6. The summed E-state index contributed by atoms with van der Waals surface area (Å²) in [7, 11) is -1.81. The highest BCUT2D eigenvalue weighted by Gasteiger charge is 2.32. The van der Waals surface area contributed by atoms with Crippen LogP contribution in [0.4, 0.5) is 0 Å². The number of carbonyl (C=O) groups is 1. The van der Waals surface area contributed by atoms with Gasteiger partial charge in [-0.1, -0.05) is 11.3 Å². The molecular formula is C23H27N3O5S2. The number of thiazole rings is 1. The van der Waals surface area contributed by atoms with Crippen molar-refractivity contribution >= 4 is 37.5 Å². The Morgan fingerprint density at radius 2 is 1.82 bits per heavy atom. The van der Waals surface area contributed by atoms with Crippen molar-refractivity contribution in [3.8, 4) is 5.75 Å². The van der Waals surface area contributed by atoms with Gasteiger partial charge in [0, 0.05) is 25.7 Å². The van der Waals surface area contributed by atoms with Crippen molar-refractivity contribution in [2.24, 2.45) is 12.0 Å². The van der Waals surface area contributed by atoms with Crippen molar-refractivity contribution in [3.05, 3.63) is 52.8 Å². The van der Waals surface area contributed by atoms with Crippen LogP contribution in [0.1, 0.15) is 31.1 Å². The van der Waals surface area contributed by atoms with E-state index in [4.69, 9.17) is 9.47 Å². The van der Waals surface area contributed by atoms with E-state index in [1.807, 2.05) is 50.6 Å². The van der Waals surface area contributed by atoms with Gasteiger partial charge in [0.1, 0.15) is 5.75 Å². The van der Waals surface area contributed by atoms with Gasteiger partial charge in [-0.25, -0.2) is 8.42 Å². The lowest BCUT2D eigenvalue weighted by Crippen LogP contribution is -2.48. The molecule has 0 unspecified atom stereocenters. The summed E-state index contributed by atoms with van der Waals surface area (Å²) in [6, 6.07) is 11.7. The van der Waals surface area contributed by atoms with Crippen molar-refractivity contribution in [3.63, 3.8) is 0 Å². The molecule has 2 atom stereocenters. The lowest BCUT2D eigenvalue weighted by atomic mass is 10.2. The summed E-state index contributed by atoms with van der Waals surface area (Å²) >= 11 is 1.39. The van der Waals surface area contributed by atoms with Gasteiger partial charge in [-0.15, -0.1) is 0 Å². The van der Waals surface area contributed by atoms with E-state index in [-0.39, 0.29) is 17.1 Å². The zero-order valence-electron chi connectivity index (χ0n) is 19.0. The smallest absolute Gasteiger partial charge is 0.279 e. The van der Waals surface area contributed by atoms with Crippen LogP contribution in [-0.4, -0.2) is 55.1 Å². The molecule has 176 valence electrons. The second-order valence-electron chi connectivity index (χ2n) is 8.03. The second kappa shape index (κ2) is 9.38. The molecule has 1 saturated heterocycles. The largest absolute Gasteiger partial charge is 0.494 e. The number of aryl methyl sites for hydroxylation is 1. The Balaban J connectivity index is 1.59. The average molecular weight is 490 g/mol. The zero-order chi connectivity index (χ0) is 23.8.